The minimum Gasteiger partial charge on any atom is -0.326 e. The fourth-order valence-corrected chi connectivity index (χ4v) is 2.69. The van der Waals surface area contributed by atoms with Crippen molar-refractivity contribution in [2.75, 3.05) is 16.8 Å². The molecule has 1 N–H and O–H groups in total. The molecule has 0 fully saturated rings. The number of anilines is 2. The fraction of sp³-hybridized carbons (Fsp3) is 0.300. The third kappa shape index (κ3) is 4.44. The van der Waals surface area contributed by atoms with Crippen LogP contribution in [0, 0.1) is 6.92 Å². The summed E-state index contributed by atoms with van der Waals surface area (Å²) in [6.07, 6.45) is 1.12. The van der Waals surface area contributed by atoms with Gasteiger partial charge in [-0.05, 0) is 36.6 Å². The lowest BCUT2D eigenvalue weighted by molar-refractivity contribution is -0.117. The standard InChI is InChI=1S/C20H24N2O2/c1-4-17-10-8-9-15(2)20(17)21-19(24)13-14-22(16(3)23)18-11-6-5-7-12-18/h5-12H,4,13-14H2,1-3H3,(H,21,24). The van der Waals surface area contributed by atoms with Gasteiger partial charge in [0.1, 0.15) is 0 Å². The van der Waals surface area contributed by atoms with Crippen LogP contribution < -0.4 is 10.2 Å². The van der Waals surface area contributed by atoms with E-state index in [4.69, 9.17) is 0 Å². The van der Waals surface area contributed by atoms with Gasteiger partial charge in [-0.25, -0.2) is 0 Å². The van der Waals surface area contributed by atoms with E-state index in [0.29, 0.717) is 6.54 Å². The Kier molecular flexibility index (Phi) is 6.13. The zero-order chi connectivity index (χ0) is 17.5. The van der Waals surface area contributed by atoms with E-state index in [-0.39, 0.29) is 18.2 Å². The van der Waals surface area contributed by atoms with E-state index in [9.17, 15) is 9.59 Å². The number of nitrogens with zero attached hydrogens (tertiary/aromatic N) is 1. The van der Waals surface area contributed by atoms with Crippen LogP contribution in [-0.4, -0.2) is 18.4 Å². The molecule has 0 unspecified atom stereocenters. The molecule has 0 aromatic heterocycles. The largest absolute Gasteiger partial charge is 0.326 e. The van der Waals surface area contributed by atoms with Gasteiger partial charge in [-0.15, -0.1) is 0 Å². The Labute approximate surface area is 143 Å². The van der Waals surface area contributed by atoms with Crippen LogP contribution in [0.5, 0.6) is 0 Å². The number of carbonyl (C=O) groups is 2. The lowest BCUT2D eigenvalue weighted by atomic mass is 10.1. The summed E-state index contributed by atoms with van der Waals surface area (Å²) in [5.41, 5.74) is 3.87. The Balaban J connectivity index is 2.03. The number of hydrogen-bond acceptors (Lipinski definition) is 2. The number of nitrogens with one attached hydrogen (secondary N) is 1. The van der Waals surface area contributed by atoms with Gasteiger partial charge in [0.05, 0.1) is 0 Å². The fourth-order valence-electron chi connectivity index (χ4n) is 2.69. The SMILES string of the molecule is CCc1cccc(C)c1NC(=O)CCN(C(C)=O)c1ccccc1. The number of aryl methyl sites for hydroxylation is 2. The van der Waals surface area contributed by atoms with Crippen LogP contribution >= 0.6 is 0 Å². The van der Waals surface area contributed by atoms with Gasteiger partial charge < -0.3 is 10.2 Å². The van der Waals surface area contributed by atoms with E-state index in [0.717, 1.165) is 28.9 Å². The summed E-state index contributed by atoms with van der Waals surface area (Å²) in [5.74, 6) is -0.152. The first-order chi connectivity index (χ1) is 11.5. The van der Waals surface area contributed by atoms with Crippen LogP contribution in [0.4, 0.5) is 11.4 Å². The van der Waals surface area contributed by atoms with E-state index < -0.39 is 0 Å². The Bertz CT molecular complexity index is 711. The first kappa shape index (κ1) is 17.7. The van der Waals surface area contributed by atoms with E-state index in [1.165, 1.54) is 6.92 Å². The Morgan fingerprint density at radius 3 is 2.38 bits per heavy atom. The van der Waals surface area contributed by atoms with Gasteiger partial charge in [0.2, 0.25) is 11.8 Å². The first-order valence-electron chi connectivity index (χ1n) is 8.24. The molecule has 0 aliphatic heterocycles. The summed E-state index contributed by atoms with van der Waals surface area (Å²) < 4.78 is 0. The summed E-state index contributed by atoms with van der Waals surface area (Å²) in [6.45, 7) is 5.93. The molecule has 2 aromatic rings. The van der Waals surface area contributed by atoms with Crippen molar-refractivity contribution in [2.45, 2.75) is 33.6 Å². The predicted molar refractivity (Wildman–Crippen MR) is 98.3 cm³/mol. The highest BCUT2D eigenvalue weighted by Crippen LogP contribution is 2.21. The Morgan fingerprint density at radius 1 is 1.04 bits per heavy atom. The van der Waals surface area contributed by atoms with Crippen molar-refractivity contribution >= 4 is 23.2 Å². The molecule has 4 nitrogen and oxygen atoms in total. The highest BCUT2D eigenvalue weighted by molar-refractivity contribution is 5.95. The van der Waals surface area contributed by atoms with Crippen LogP contribution in [0.1, 0.15) is 31.4 Å². The third-order valence-electron chi connectivity index (χ3n) is 4.01. The maximum atomic E-state index is 12.3. The van der Waals surface area contributed by atoms with Crippen molar-refractivity contribution in [1.29, 1.82) is 0 Å². The lowest BCUT2D eigenvalue weighted by Crippen LogP contribution is -2.32. The van der Waals surface area contributed by atoms with Gasteiger partial charge in [-0.3, -0.25) is 9.59 Å². The average Bonchev–Trinajstić information content (AvgIpc) is 2.57. The number of para-hydroxylation sites is 2. The second-order valence-corrected chi connectivity index (χ2v) is 5.77. The minimum absolute atomic E-state index is 0.0702. The maximum absolute atomic E-state index is 12.3. The molecular formula is C20H24N2O2. The number of amides is 2. The van der Waals surface area contributed by atoms with Gasteiger partial charge in [-0.1, -0.05) is 43.3 Å². The number of benzene rings is 2. The smallest absolute Gasteiger partial charge is 0.226 e. The molecule has 126 valence electrons. The summed E-state index contributed by atoms with van der Waals surface area (Å²) in [5, 5.41) is 3.00. The third-order valence-corrected chi connectivity index (χ3v) is 4.01. The van der Waals surface area contributed by atoms with Gasteiger partial charge in [0, 0.05) is 31.3 Å². The van der Waals surface area contributed by atoms with Crippen molar-refractivity contribution < 1.29 is 9.59 Å². The zero-order valence-corrected chi connectivity index (χ0v) is 14.5. The van der Waals surface area contributed by atoms with Crippen LogP contribution in [0.2, 0.25) is 0 Å². The number of hydrogen-bond donors (Lipinski definition) is 1. The summed E-state index contributed by atoms with van der Waals surface area (Å²) >= 11 is 0. The van der Waals surface area contributed by atoms with Crippen molar-refractivity contribution in [3.8, 4) is 0 Å². The molecule has 2 rings (SSSR count). The van der Waals surface area contributed by atoms with Crippen LogP contribution in [0.15, 0.2) is 48.5 Å². The minimum atomic E-state index is -0.0822. The van der Waals surface area contributed by atoms with Crippen LogP contribution in [0.3, 0.4) is 0 Å². The summed E-state index contributed by atoms with van der Waals surface area (Å²) in [4.78, 5) is 25.8. The lowest BCUT2D eigenvalue weighted by Gasteiger charge is -2.21. The molecule has 2 amide bonds. The van der Waals surface area contributed by atoms with Crippen molar-refractivity contribution in [1.82, 2.24) is 0 Å². The van der Waals surface area contributed by atoms with Crippen molar-refractivity contribution in [3.63, 3.8) is 0 Å². The second kappa shape index (κ2) is 8.29. The summed E-state index contributed by atoms with van der Waals surface area (Å²) in [6, 6.07) is 15.4. The van der Waals surface area contributed by atoms with E-state index >= 15 is 0 Å². The van der Waals surface area contributed by atoms with E-state index in [1.54, 1.807) is 4.90 Å². The first-order valence-corrected chi connectivity index (χ1v) is 8.24. The molecule has 0 spiro atoms. The molecule has 0 saturated heterocycles. The maximum Gasteiger partial charge on any atom is 0.226 e. The Morgan fingerprint density at radius 2 is 1.75 bits per heavy atom. The molecule has 24 heavy (non-hydrogen) atoms. The number of rotatable bonds is 6. The monoisotopic (exact) mass is 324 g/mol. The molecule has 0 aliphatic rings. The molecule has 4 heteroatoms. The topological polar surface area (TPSA) is 49.4 Å². The number of carbonyl (C=O) groups excluding carboxylic acids is 2. The van der Waals surface area contributed by atoms with Gasteiger partial charge in [-0.2, -0.15) is 0 Å². The van der Waals surface area contributed by atoms with Crippen LogP contribution in [-0.2, 0) is 16.0 Å². The zero-order valence-electron chi connectivity index (χ0n) is 14.5. The molecule has 0 atom stereocenters. The van der Waals surface area contributed by atoms with Gasteiger partial charge >= 0.3 is 0 Å². The molecule has 0 bridgehead atoms. The van der Waals surface area contributed by atoms with Crippen molar-refractivity contribution in [2.24, 2.45) is 0 Å². The van der Waals surface area contributed by atoms with E-state index in [2.05, 4.69) is 12.2 Å². The molecule has 0 heterocycles. The average molecular weight is 324 g/mol. The van der Waals surface area contributed by atoms with E-state index in [1.807, 2.05) is 55.5 Å². The molecule has 2 aromatic carbocycles. The van der Waals surface area contributed by atoms with Gasteiger partial charge in [0.15, 0.2) is 0 Å². The van der Waals surface area contributed by atoms with Crippen molar-refractivity contribution in [3.05, 3.63) is 59.7 Å². The molecule has 0 radical (unpaired) electrons. The second-order valence-electron chi connectivity index (χ2n) is 5.77. The molecule has 0 saturated carbocycles. The normalized spacial score (nSPS) is 10.3. The molecule has 0 aliphatic carbocycles. The molecular weight excluding hydrogens is 300 g/mol. The van der Waals surface area contributed by atoms with Gasteiger partial charge in [0.25, 0.3) is 0 Å². The predicted octanol–water partition coefficient (Wildman–Crippen LogP) is 3.94. The van der Waals surface area contributed by atoms with Crippen LogP contribution in [0.25, 0.3) is 0 Å². The quantitative estimate of drug-likeness (QED) is 0.875. The highest BCUT2D eigenvalue weighted by atomic mass is 16.2. The Hall–Kier alpha value is -2.62. The summed E-state index contributed by atoms with van der Waals surface area (Å²) in [7, 11) is 0. The highest BCUT2D eigenvalue weighted by Gasteiger charge is 2.14.